The van der Waals surface area contributed by atoms with Gasteiger partial charge in [-0.25, -0.2) is 0 Å². The highest BCUT2D eigenvalue weighted by Gasteiger charge is 2.18. The molecule has 0 atom stereocenters. The number of hydrogen-bond acceptors (Lipinski definition) is 2. The Labute approximate surface area is 399 Å². The summed E-state index contributed by atoms with van der Waals surface area (Å²) in [6, 6.07) is 92.5. The maximum atomic E-state index is 6.77. The zero-order valence-corrected chi connectivity index (χ0v) is 37.6. The molecule has 2 heterocycles. The lowest BCUT2D eigenvalue weighted by Gasteiger charge is -2.26. The highest BCUT2D eigenvalue weighted by molar-refractivity contribution is 6.17. The van der Waals surface area contributed by atoms with Crippen LogP contribution in [-0.4, -0.2) is 4.57 Å². The zero-order chi connectivity index (χ0) is 45.4. The molecule has 0 spiro atoms. The van der Waals surface area contributed by atoms with Gasteiger partial charge >= 0.3 is 0 Å². The van der Waals surface area contributed by atoms with E-state index in [1.165, 1.54) is 54.3 Å². The molecular weight excluding hydrogens is 837 g/mol. The van der Waals surface area contributed by atoms with Gasteiger partial charge in [-0.3, -0.25) is 0 Å². The maximum absolute atomic E-state index is 6.77. The third-order valence-corrected chi connectivity index (χ3v) is 14.2. The lowest BCUT2D eigenvalue weighted by molar-refractivity contribution is 0.674. The Morgan fingerprint density at radius 1 is 0.275 bits per heavy atom. The van der Waals surface area contributed by atoms with Gasteiger partial charge in [0.1, 0.15) is 11.2 Å². The first-order valence-electron chi connectivity index (χ1n) is 23.6. The summed E-state index contributed by atoms with van der Waals surface area (Å²) >= 11 is 0. The van der Waals surface area contributed by atoms with E-state index in [1.807, 2.05) is 0 Å². The molecule has 0 amide bonds. The first kappa shape index (κ1) is 39.0. The Morgan fingerprint density at radius 3 is 1.54 bits per heavy atom. The van der Waals surface area contributed by atoms with Crippen LogP contribution in [0.3, 0.4) is 0 Å². The second kappa shape index (κ2) is 15.7. The van der Waals surface area contributed by atoms with Gasteiger partial charge in [0, 0.05) is 55.2 Å². The molecule has 12 aromatic carbocycles. The van der Waals surface area contributed by atoms with E-state index in [0.717, 1.165) is 77.9 Å². The van der Waals surface area contributed by atoms with Crippen LogP contribution in [-0.2, 0) is 0 Å². The fourth-order valence-corrected chi connectivity index (χ4v) is 10.8. The largest absolute Gasteiger partial charge is 0.455 e. The van der Waals surface area contributed by atoms with E-state index in [1.54, 1.807) is 0 Å². The molecule has 0 saturated heterocycles. The number of fused-ring (bicyclic) bond motifs is 11. The van der Waals surface area contributed by atoms with E-state index < -0.39 is 0 Å². The van der Waals surface area contributed by atoms with Crippen molar-refractivity contribution in [1.82, 2.24) is 4.57 Å². The summed E-state index contributed by atoms with van der Waals surface area (Å²) in [6.45, 7) is 0. The number of furan rings is 1. The summed E-state index contributed by atoms with van der Waals surface area (Å²) in [5.41, 5.74) is 15.4. The molecule has 0 radical (unpaired) electrons. The Hall–Kier alpha value is -9.18. The second-order valence-electron chi connectivity index (χ2n) is 18.1. The minimum atomic E-state index is 0.905. The van der Waals surface area contributed by atoms with Crippen LogP contribution < -0.4 is 4.90 Å². The molecule has 0 saturated carbocycles. The predicted octanol–water partition coefficient (Wildman–Crippen LogP) is 18.6. The van der Waals surface area contributed by atoms with Crippen LogP contribution in [0.4, 0.5) is 17.1 Å². The molecule has 14 rings (SSSR count). The van der Waals surface area contributed by atoms with E-state index in [0.29, 0.717) is 0 Å². The molecule has 322 valence electrons. The molecular formula is C66H42N2O. The van der Waals surface area contributed by atoms with Gasteiger partial charge in [0.2, 0.25) is 0 Å². The molecule has 0 N–H and O–H groups in total. The number of benzene rings is 12. The van der Waals surface area contributed by atoms with Gasteiger partial charge in [-0.1, -0.05) is 182 Å². The molecule has 0 aliphatic rings. The van der Waals surface area contributed by atoms with Crippen molar-refractivity contribution in [3.05, 3.63) is 255 Å². The summed E-state index contributed by atoms with van der Waals surface area (Å²) < 4.78 is 9.16. The van der Waals surface area contributed by atoms with Crippen molar-refractivity contribution in [1.29, 1.82) is 0 Å². The molecule has 69 heavy (non-hydrogen) atoms. The fraction of sp³-hybridized carbons (Fsp3) is 0. The van der Waals surface area contributed by atoms with E-state index in [2.05, 4.69) is 264 Å². The van der Waals surface area contributed by atoms with Gasteiger partial charge in [0.05, 0.1) is 11.0 Å². The first-order valence-corrected chi connectivity index (χ1v) is 23.6. The second-order valence-corrected chi connectivity index (χ2v) is 18.1. The van der Waals surface area contributed by atoms with E-state index in [9.17, 15) is 0 Å². The number of aromatic nitrogens is 1. The van der Waals surface area contributed by atoms with Gasteiger partial charge < -0.3 is 13.9 Å². The number of hydrogen-bond donors (Lipinski definition) is 0. The number of para-hydroxylation sites is 3. The average molecular weight is 879 g/mol. The van der Waals surface area contributed by atoms with Gasteiger partial charge in [-0.05, 0) is 128 Å². The van der Waals surface area contributed by atoms with Crippen LogP contribution >= 0.6 is 0 Å². The Morgan fingerprint density at radius 2 is 0.783 bits per heavy atom. The minimum absolute atomic E-state index is 0.905. The smallest absolute Gasteiger partial charge is 0.143 e. The Kier molecular flexibility index (Phi) is 8.90. The summed E-state index contributed by atoms with van der Waals surface area (Å²) in [5, 5.41) is 12.1. The third kappa shape index (κ3) is 6.43. The normalized spacial score (nSPS) is 11.8. The van der Waals surface area contributed by atoms with E-state index in [-0.39, 0.29) is 0 Å². The highest BCUT2D eigenvalue weighted by atomic mass is 16.3. The topological polar surface area (TPSA) is 21.3 Å². The van der Waals surface area contributed by atoms with Crippen LogP contribution in [0.1, 0.15) is 0 Å². The molecule has 2 aromatic heterocycles. The number of rotatable bonds is 7. The summed E-state index contributed by atoms with van der Waals surface area (Å²) in [6.07, 6.45) is 0. The van der Waals surface area contributed by atoms with Crippen molar-refractivity contribution in [3.8, 4) is 39.1 Å². The molecule has 0 aliphatic carbocycles. The number of nitrogens with zero attached hydrogens (tertiary/aromatic N) is 2. The number of anilines is 3. The molecule has 0 aliphatic heterocycles. The maximum Gasteiger partial charge on any atom is 0.143 e. The molecule has 3 heteroatoms. The van der Waals surface area contributed by atoms with Crippen LogP contribution in [0, 0.1) is 0 Å². The van der Waals surface area contributed by atoms with E-state index >= 15 is 0 Å². The molecule has 0 unspecified atom stereocenters. The van der Waals surface area contributed by atoms with Crippen LogP contribution in [0.2, 0.25) is 0 Å². The summed E-state index contributed by atoms with van der Waals surface area (Å²) in [7, 11) is 0. The molecule has 3 nitrogen and oxygen atoms in total. The zero-order valence-electron chi connectivity index (χ0n) is 37.6. The van der Waals surface area contributed by atoms with Crippen molar-refractivity contribution in [2.45, 2.75) is 0 Å². The van der Waals surface area contributed by atoms with E-state index in [4.69, 9.17) is 4.42 Å². The van der Waals surface area contributed by atoms with Gasteiger partial charge in [0.15, 0.2) is 0 Å². The summed E-state index contributed by atoms with van der Waals surface area (Å²) in [4.78, 5) is 2.37. The van der Waals surface area contributed by atoms with Gasteiger partial charge in [-0.2, -0.15) is 0 Å². The van der Waals surface area contributed by atoms with Crippen molar-refractivity contribution in [2.24, 2.45) is 0 Å². The van der Waals surface area contributed by atoms with Crippen molar-refractivity contribution < 1.29 is 4.42 Å². The molecule has 14 aromatic rings. The van der Waals surface area contributed by atoms with Crippen LogP contribution in [0.15, 0.2) is 259 Å². The van der Waals surface area contributed by atoms with Gasteiger partial charge in [-0.15, -0.1) is 0 Å². The fourth-order valence-electron chi connectivity index (χ4n) is 10.8. The SMILES string of the molecule is c1cc(-c2ccc3c(ccc4ccccc43)c2)cc(N(c2ccc(-c3cccc(-n4c5ccccc5c5ccccc54)c3)cc2)c2ccc(-c3cccc4c3oc3c5ccccc5ccc43)cc2)c1. The van der Waals surface area contributed by atoms with Crippen molar-refractivity contribution >= 4 is 93.1 Å². The standard InChI is InChI=1S/C66H42N2O/c1-3-18-55-44(12-1)26-27-50-40-49(33-38-56(50)55)48-15-10-16-53(42-48)67(52-36-30-46(31-37-52)58-22-11-23-61-62-39-32-45-13-2-4-19-57(45)66(62)69-65(58)61)51-34-28-43(29-35-51)47-14-9-17-54(41-47)68-63-24-7-5-20-59(63)60-21-6-8-25-64(60)68/h1-42H. The third-order valence-electron chi connectivity index (χ3n) is 14.2. The van der Waals surface area contributed by atoms with Crippen molar-refractivity contribution in [2.75, 3.05) is 4.90 Å². The quantitative estimate of drug-likeness (QED) is 0.149. The Balaban J connectivity index is 0.867. The van der Waals surface area contributed by atoms with Crippen LogP contribution in [0.25, 0.3) is 115 Å². The lowest BCUT2D eigenvalue weighted by Crippen LogP contribution is -2.10. The first-order chi connectivity index (χ1) is 34.2. The molecule has 0 bridgehead atoms. The monoisotopic (exact) mass is 878 g/mol. The van der Waals surface area contributed by atoms with Crippen LogP contribution in [0.5, 0.6) is 0 Å². The van der Waals surface area contributed by atoms with Gasteiger partial charge in [0.25, 0.3) is 0 Å². The Bertz CT molecular complexity index is 4260. The highest BCUT2D eigenvalue weighted by Crippen LogP contribution is 2.42. The summed E-state index contributed by atoms with van der Waals surface area (Å²) in [5.74, 6) is 0. The minimum Gasteiger partial charge on any atom is -0.455 e. The lowest BCUT2D eigenvalue weighted by atomic mass is 9.97. The van der Waals surface area contributed by atoms with Crippen molar-refractivity contribution in [3.63, 3.8) is 0 Å². The molecule has 0 fully saturated rings. The predicted molar refractivity (Wildman–Crippen MR) is 292 cm³/mol. The average Bonchev–Trinajstić information content (AvgIpc) is 3.98.